The molecule has 2 atom stereocenters. The Balaban J connectivity index is 0.00000180. The molecule has 27 heavy (non-hydrogen) atoms. The molecule has 2 N–H and O–H groups in total. The van der Waals surface area contributed by atoms with Crippen LogP contribution in [0.4, 0.5) is 0 Å². The second-order valence-electron chi connectivity index (χ2n) is 8.03. The maximum Gasteiger partial charge on any atom is 0.237 e. The van der Waals surface area contributed by atoms with Crippen LogP contribution in [-0.2, 0) is 4.79 Å². The largest absolute Gasteiger partial charge is 0.354 e. The smallest absolute Gasteiger partial charge is 0.237 e. The highest BCUT2D eigenvalue weighted by Crippen LogP contribution is 2.55. The summed E-state index contributed by atoms with van der Waals surface area (Å²) < 4.78 is 0. The summed E-state index contributed by atoms with van der Waals surface area (Å²) in [7, 11) is 0. The zero-order valence-electron chi connectivity index (χ0n) is 15.5. The number of hydrogen-bond acceptors (Lipinski definition) is 2. The van der Waals surface area contributed by atoms with Gasteiger partial charge in [-0.05, 0) is 54.0 Å². The van der Waals surface area contributed by atoms with E-state index in [-0.39, 0.29) is 24.4 Å². The minimum atomic E-state index is 0. The van der Waals surface area contributed by atoms with E-state index in [1.54, 1.807) is 0 Å². The summed E-state index contributed by atoms with van der Waals surface area (Å²) in [6, 6.07) is 17.8. The zero-order valence-corrected chi connectivity index (χ0v) is 16.3. The summed E-state index contributed by atoms with van der Waals surface area (Å²) in [5.41, 5.74) is 5.93. The Hall–Kier alpha value is -1.84. The van der Waals surface area contributed by atoms with E-state index in [2.05, 4.69) is 59.2 Å². The molecular weight excluding hydrogens is 356 g/mol. The summed E-state index contributed by atoms with van der Waals surface area (Å²) in [6.07, 6.45) is 4.44. The van der Waals surface area contributed by atoms with Gasteiger partial charge in [-0.1, -0.05) is 55.0 Å². The second kappa shape index (κ2) is 7.65. The lowest BCUT2D eigenvalue weighted by atomic mass is 9.59. The third-order valence-corrected chi connectivity index (χ3v) is 6.59. The first-order valence-corrected chi connectivity index (χ1v) is 10.0. The van der Waals surface area contributed by atoms with Crippen molar-refractivity contribution < 1.29 is 4.79 Å². The van der Waals surface area contributed by atoms with Crippen molar-refractivity contribution in [1.82, 2.24) is 10.6 Å². The first-order chi connectivity index (χ1) is 12.8. The van der Waals surface area contributed by atoms with E-state index < -0.39 is 0 Å². The van der Waals surface area contributed by atoms with Crippen LogP contribution >= 0.6 is 12.4 Å². The van der Waals surface area contributed by atoms with Crippen molar-refractivity contribution in [2.75, 3.05) is 13.1 Å². The van der Waals surface area contributed by atoms with E-state index in [1.165, 1.54) is 28.7 Å². The molecule has 0 aromatic heterocycles. The molecule has 0 spiro atoms. The molecule has 0 saturated carbocycles. The van der Waals surface area contributed by atoms with Crippen LogP contribution in [-0.4, -0.2) is 25.0 Å². The Morgan fingerprint density at radius 3 is 2.19 bits per heavy atom. The van der Waals surface area contributed by atoms with Crippen LogP contribution in [0, 0.1) is 5.92 Å². The lowest BCUT2D eigenvalue weighted by molar-refractivity contribution is -0.123. The highest BCUT2D eigenvalue weighted by atomic mass is 35.5. The van der Waals surface area contributed by atoms with Crippen molar-refractivity contribution in [2.45, 2.75) is 43.6 Å². The minimum absolute atomic E-state index is 0. The van der Waals surface area contributed by atoms with E-state index in [4.69, 9.17) is 0 Å². The number of benzene rings is 2. The molecule has 1 fully saturated rings. The number of halogens is 1. The van der Waals surface area contributed by atoms with Crippen molar-refractivity contribution in [2.24, 2.45) is 5.92 Å². The number of carbonyl (C=O) groups excluding carboxylic acids is 1. The molecule has 4 aliphatic rings. The number of hydrogen-bond donors (Lipinski definition) is 2. The molecule has 3 nitrogen and oxygen atoms in total. The van der Waals surface area contributed by atoms with Gasteiger partial charge in [0.05, 0.1) is 6.04 Å². The molecule has 2 aromatic rings. The molecule has 6 rings (SSSR count). The highest BCUT2D eigenvalue weighted by Gasteiger charge is 2.43. The van der Waals surface area contributed by atoms with Crippen LogP contribution in [0.5, 0.6) is 0 Å². The van der Waals surface area contributed by atoms with Gasteiger partial charge in [0.15, 0.2) is 0 Å². The van der Waals surface area contributed by atoms with Gasteiger partial charge >= 0.3 is 0 Å². The van der Waals surface area contributed by atoms with Crippen LogP contribution in [0.25, 0.3) is 0 Å². The number of carbonyl (C=O) groups is 1. The van der Waals surface area contributed by atoms with Crippen molar-refractivity contribution >= 4 is 18.3 Å². The SMILES string of the molecule is Cl.O=C(NCC1CC2c3ccccc3C1c1ccccc12)C1CCCCN1. The summed E-state index contributed by atoms with van der Waals surface area (Å²) in [5, 5.41) is 6.63. The van der Waals surface area contributed by atoms with Gasteiger partial charge in [-0.3, -0.25) is 4.79 Å². The third-order valence-electron chi connectivity index (χ3n) is 6.59. The number of fused-ring (bicyclic) bond motifs is 1. The lowest BCUT2D eigenvalue weighted by Crippen LogP contribution is -2.48. The number of nitrogens with one attached hydrogen (secondary N) is 2. The summed E-state index contributed by atoms with van der Waals surface area (Å²) in [6.45, 7) is 1.74. The van der Waals surface area contributed by atoms with Gasteiger partial charge in [0.25, 0.3) is 0 Å². The van der Waals surface area contributed by atoms with Gasteiger partial charge in [0.1, 0.15) is 0 Å². The van der Waals surface area contributed by atoms with E-state index in [9.17, 15) is 4.79 Å². The van der Waals surface area contributed by atoms with E-state index in [1.807, 2.05) is 0 Å². The molecule has 4 heteroatoms. The third kappa shape index (κ3) is 3.17. The van der Waals surface area contributed by atoms with Crippen LogP contribution in [0.1, 0.15) is 59.8 Å². The fourth-order valence-electron chi connectivity index (χ4n) is 5.39. The molecule has 1 saturated heterocycles. The predicted octanol–water partition coefficient (Wildman–Crippen LogP) is 3.96. The number of amides is 1. The highest BCUT2D eigenvalue weighted by molar-refractivity contribution is 5.85. The molecule has 1 amide bonds. The predicted molar refractivity (Wildman–Crippen MR) is 111 cm³/mol. The minimum Gasteiger partial charge on any atom is -0.354 e. The number of rotatable bonds is 3. The quantitative estimate of drug-likeness (QED) is 0.843. The first kappa shape index (κ1) is 18.5. The Labute approximate surface area is 167 Å². The Kier molecular flexibility index (Phi) is 5.25. The van der Waals surface area contributed by atoms with Crippen LogP contribution in [0.15, 0.2) is 48.5 Å². The standard InChI is InChI=1S/C23H26N2O.ClH/c26-23(21-11-5-6-12-24-21)25-14-15-13-20-16-7-1-3-9-18(16)22(15)19-10-4-2-8-17(19)20;/h1-4,7-10,15,20-22,24H,5-6,11-14H2,(H,25,26);1H. The summed E-state index contributed by atoms with van der Waals surface area (Å²) in [5.74, 6) is 1.55. The van der Waals surface area contributed by atoms with Crippen LogP contribution in [0.2, 0.25) is 0 Å². The maximum atomic E-state index is 12.6. The molecule has 2 unspecified atom stereocenters. The van der Waals surface area contributed by atoms with Gasteiger partial charge in [-0.15, -0.1) is 12.4 Å². The van der Waals surface area contributed by atoms with E-state index in [0.29, 0.717) is 17.8 Å². The monoisotopic (exact) mass is 382 g/mol. The van der Waals surface area contributed by atoms with E-state index in [0.717, 1.165) is 32.4 Å². The topological polar surface area (TPSA) is 41.1 Å². The van der Waals surface area contributed by atoms with Crippen molar-refractivity contribution in [3.05, 3.63) is 70.8 Å². The van der Waals surface area contributed by atoms with Gasteiger partial charge in [0, 0.05) is 18.4 Å². The van der Waals surface area contributed by atoms with Gasteiger partial charge < -0.3 is 10.6 Å². The van der Waals surface area contributed by atoms with Crippen molar-refractivity contribution in [3.63, 3.8) is 0 Å². The van der Waals surface area contributed by atoms with Crippen LogP contribution in [0.3, 0.4) is 0 Å². The summed E-state index contributed by atoms with van der Waals surface area (Å²) >= 11 is 0. The fourth-order valence-corrected chi connectivity index (χ4v) is 5.39. The molecule has 2 bridgehead atoms. The average molecular weight is 383 g/mol. The van der Waals surface area contributed by atoms with Gasteiger partial charge in [-0.25, -0.2) is 0 Å². The Morgan fingerprint density at radius 1 is 0.963 bits per heavy atom. The van der Waals surface area contributed by atoms with Crippen LogP contribution < -0.4 is 10.6 Å². The fraction of sp³-hybridized carbons (Fsp3) is 0.435. The van der Waals surface area contributed by atoms with Crippen molar-refractivity contribution in [1.29, 1.82) is 0 Å². The molecular formula is C23H27ClN2O. The normalized spacial score (nSPS) is 27.9. The maximum absolute atomic E-state index is 12.6. The second-order valence-corrected chi connectivity index (χ2v) is 8.03. The molecule has 1 aliphatic heterocycles. The Morgan fingerprint density at radius 2 is 1.59 bits per heavy atom. The van der Waals surface area contributed by atoms with Gasteiger partial charge in [-0.2, -0.15) is 0 Å². The molecule has 3 aliphatic carbocycles. The average Bonchev–Trinajstić information content (AvgIpc) is 2.73. The van der Waals surface area contributed by atoms with Gasteiger partial charge in [0.2, 0.25) is 5.91 Å². The molecule has 142 valence electrons. The zero-order chi connectivity index (χ0) is 17.5. The first-order valence-electron chi connectivity index (χ1n) is 10.0. The number of piperidine rings is 1. The lowest BCUT2D eigenvalue weighted by Gasteiger charge is -2.45. The molecule has 1 heterocycles. The molecule has 0 radical (unpaired) electrons. The molecule has 2 aromatic carbocycles. The summed E-state index contributed by atoms with van der Waals surface area (Å²) in [4.78, 5) is 12.6. The van der Waals surface area contributed by atoms with Crippen molar-refractivity contribution in [3.8, 4) is 0 Å². The Bertz CT molecular complexity index is 783. The van der Waals surface area contributed by atoms with E-state index >= 15 is 0 Å².